The maximum absolute atomic E-state index is 13.7. The number of rotatable bonds is 8. The van der Waals surface area contributed by atoms with Gasteiger partial charge in [-0.05, 0) is 24.1 Å². The van der Waals surface area contributed by atoms with Gasteiger partial charge in [0.1, 0.15) is 0 Å². The average Bonchev–Trinajstić information content (AvgIpc) is 2.57. The molecule has 1 aliphatic heterocycles. The summed E-state index contributed by atoms with van der Waals surface area (Å²) in [6, 6.07) is 5.10. The van der Waals surface area contributed by atoms with Crippen molar-refractivity contribution < 1.29 is 13.9 Å². The molecule has 1 saturated heterocycles. The smallest absolute Gasteiger partial charge is 0.234 e. The quantitative estimate of drug-likeness (QED) is 0.736. The third-order valence-corrected chi connectivity index (χ3v) is 4.31. The fourth-order valence-electron chi connectivity index (χ4n) is 2.84. The number of hydrogen-bond donors (Lipinski definition) is 1. The number of piperazine rings is 1. The van der Waals surface area contributed by atoms with Crippen LogP contribution in [0.4, 0.5) is 4.39 Å². The minimum Gasteiger partial charge on any atom is -0.494 e. The maximum Gasteiger partial charge on any atom is 0.234 e. The lowest BCUT2D eigenvalue weighted by atomic mass is 10.2. The fraction of sp³-hybridized carbons (Fsp3) is 0.611. The van der Waals surface area contributed by atoms with Crippen molar-refractivity contribution in [3.63, 3.8) is 0 Å². The van der Waals surface area contributed by atoms with Crippen molar-refractivity contribution in [2.24, 2.45) is 0 Å². The van der Waals surface area contributed by atoms with E-state index in [0.717, 1.165) is 57.7 Å². The first kappa shape index (κ1) is 18.7. The van der Waals surface area contributed by atoms with Crippen LogP contribution in [-0.2, 0) is 11.3 Å². The second kappa shape index (κ2) is 9.59. The first-order chi connectivity index (χ1) is 11.6. The zero-order chi connectivity index (χ0) is 17.4. The van der Waals surface area contributed by atoms with Crippen LogP contribution >= 0.6 is 0 Å². The summed E-state index contributed by atoms with van der Waals surface area (Å²) in [4.78, 5) is 16.3. The SMILES string of the molecule is CCCCNC(=O)CN1CCN(Cc2ccc(OC)c(F)c2)CC1. The number of nitrogens with zero attached hydrogens (tertiary/aromatic N) is 2. The molecule has 1 aromatic carbocycles. The Labute approximate surface area is 143 Å². The third-order valence-electron chi connectivity index (χ3n) is 4.31. The minimum absolute atomic E-state index is 0.106. The Morgan fingerprint density at radius 2 is 1.96 bits per heavy atom. The van der Waals surface area contributed by atoms with Gasteiger partial charge in [0.05, 0.1) is 13.7 Å². The molecule has 0 saturated carbocycles. The number of ether oxygens (including phenoxy) is 1. The fourth-order valence-corrected chi connectivity index (χ4v) is 2.84. The lowest BCUT2D eigenvalue weighted by Crippen LogP contribution is -2.49. The maximum atomic E-state index is 13.7. The number of unbranched alkanes of at least 4 members (excludes halogenated alkanes) is 1. The molecule has 1 fully saturated rings. The average molecular weight is 337 g/mol. The standard InChI is InChI=1S/C18H28FN3O2/c1-3-4-7-20-18(23)14-22-10-8-21(9-11-22)13-15-5-6-17(24-2)16(19)12-15/h5-6,12H,3-4,7-11,13-14H2,1-2H3,(H,20,23). The van der Waals surface area contributed by atoms with Gasteiger partial charge in [-0.2, -0.15) is 0 Å². The van der Waals surface area contributed by atoms with Gasteiger partial charge in [0.25, 0.3) is 0 Å². The Balaban J connectivity index is 1.72. The van der Waals surface area contributed by atoms with Crippen molar-refractivity contribution in [2.45, 2.75) is 26.3 Å². The molecule has 2 rings (SSSR count). The van der Waals surface area contributed by atoms with Gasteiger partial charge in [0.2, 0.25) is 5.91 Å². The summed E-state index contributed by atoms with van der Waals surface area (Å²) in [5.74, 6) is 0.0594. The second-order valence-corrected chi connectivity index (χ2v) is 6.22. The van der Waals surface area contributed by atoms with Crippen LogP contribution in [0.5, 0.6) is 5.75 Å². The van der Waals surface area contributed by atoms with Crippen molar-refractivity contribution >= 4 is 5.91 Å². The first-order valence-electron chi connectivity index (χ1n) is 8.66. The predicted molar refractivity (Wildman–Crippen MR) is 92.6 cm³/mol. The molecule has 5 nitrogen and oxygen atoms in total. The van der Waals surface area contributed by atoms with Gasteiger partial charge in [-0.15, -0.1) is 0 Å². The van der Waals surface area contributed by atoms with E-state index in [9.17, 15) is 9.18 Å². The van der Waals surface area contributed by atoms with E-state index >= 15 is 0 Å². The number of amides is 1. The van der Waals surface area contributed by atoms with Crippen LogP contribution in [0, 0.1) is 5.82 Å². The number of carbonyl (C=O) groups is 1. The van der Waals surface area contributed by atoms with E-state index in [2.05, 4.69) is 22.0 Å². The molecule has 1 heterocycles. The molecule has 0 atom stereocenters. The van der Waals surface area contributed by atoms with E-state index in [1.165, 1.54) is 13.2 Å². The van der Waals surface area contributed by atoms with Gasteiger partial charge >= 0.3 is 0 Å². The molecular formula is C18H28FN3O2. The third kappa shape index (κ3) is 5.76. The van der Waals surface area contributed by atoms with Gasteiger partial charge in [-0.1, -0.05) is 19.4 Å². The molecule has 0 bridgehead atoms. The van der Waals surface area contributed by atoms with Crippen LogP contribution < -0.4 is 10.1 Å². The molecule has 24 heavy (non-hydrogen) atoms. The Kier molecular flexibility index (Phi) is 7.46. The molecule has 1 N–H and O–H groups in total. The second-order valence-electron chi connectivity index (χ2n) is 6.22. The lowest BCUT2D eigenvalue weighted by molar-refractivity contribution is -0.122. The summed E-state index contributed by atoms with van der Waals surface area (Å²) in [7, 11) is 1.47. The molecule has 1 aromatic rings. The highest BCUT2D eigenvalue weighted by Crippen LogP contribution is 2.19. The number of methoxy groups -OCH3 is 1. The van der Waals surface area contributed by atoms with Crippen LogP contribution in [-0.4, -0.2) is 62.1 Å². The number of hydrogen-bond acceptors (Lipinski definition) is 4. The van der Waals surface area contributed by atoms with Gasteiger partial charge in [0, 0.05) is 39.3 Å². The molecule has 0 spiro atoms. The van der Waals surface area contributed by atoms with Crippen molar-refractivity contribution in [2.75, 3.05) is 46.4 Å². The Morgan fingerprint density at radius 1 is 1.25 bits per heavy atom. The van der Waals surface area contributed by atoms with Crippen molar-refractivity contribution in [1.82, 2.24) is 15.1 Å². The summed E-state index contributed by atoms with van der Waals surface area (Å²) in [5.41, 5.74) is 0.944. The molecule has 6 heteroatoms. The largest absolute Gasteiger partial charge is 0.494 e. The normalized spacial score (nSPS) is 16.1. The monoisotopic (exact) mass is 337 g/mol. The zero-order valence-electron chi connectivity index (χ0n) is 14.7. The summed E-state index contributed by atoms with van der Waals surface area (Å²) in [5, 5.41) is 2.95. The van der Waals surface area contributed by atoms with E-state index in [0.29, 0.717) is 6.54 Å². The lowest BCUT2D eigenvalue weighted by Gasteiger charge is -2.34. The Morgan fingerprint density at radius 3 is 2.58 bits per heavy atom. The summed E-state index contributed by atoms with van der Waals surface area (Å²) < 4.78 is 18.7. The minimum atomic E-state index is -0.322. The molecule has 0 aromatic heterocycles. The topological polar surface area (TPSA) is 44.8 Å². The highest BCUT2D eigenvalue weighted by Gasteiger charge is 2.19. The highest BCUT2D eigenvalue weighted by atomic mass is 19.1. The van der Waals surface area contributed by atoms with Crippen LogP contribution in [0.2, 0.25) is 0 Å². The van der Waals surface area contributed by atoms with Crippen LogP contribution in [0.3, 0.4) is 0 Å². The predicted octanol–water partition coefficient (Wildman–Crippen LogP) is 1.87. The van der Waals surface area contributed by atoms with Gasteiger partial charge < -0.3 is 10.1 Å². The van der Waals surface area contributed by atoms with Crippen molar-refractivity contribution in [1.29, 1.82) is 0 Å². The Hall–Kier alpha value is -1.66. The van der Waals surface area contributed by atoms with Crippen molar-refractivity contribution in [3.05, 3.63) is 29.6 Å². The number of halogens is 1. The summed E-state index contributed by atoms with van der Waals surface area (Å²) in [6.07, 6.45) is 2.11. The van der Waals surface area contributed by atoms with Crippen LogP contribution in [0.15, 0.2) is 18.2 Å². The molecule has 134 valence electrons. The van der Waals surface area contributed by atoms with E-state index in [1.54, 1.807) is 6.07 Å². The summed E-state index contributed by atoms with van der Waals surface area (Å²) in [6.45, 7) is 7.55. The number of nitrogens with one attached hydrogen (secondary N) is 1. The van der Waals surface area contributed by atoms with Crippen molar-refractivity contribution in [3.8, 4) is 5.75 Å². The molecule has 1 aliphatic rings. The molecule has 1 amide bonds. The summed E-state index contributed by atoms with van der Waals surface area (Å²) >= 11 is 0. The van der Waals surface area contributed by atoms with Gasteiger partial charge in [-0.25, -0.2) is 4.39 Å². The van der Waals surface area contributed by atoms with E-state index in [-0.39, 0.29) is 17.5 Å². The number of benzene rings is 1. The van der Waals surface area contributed by atoms with Gasteiger partial charge in [-0.3, -0.25) is 14.6 Å². The van der Waals surface area contributed by atoms with Crippen LogP contribution in [0.1, 0.15) is 25.3 Å². The molecular weight excluding hydrogens is 309 g/mol. The van der Waals surface area contributed by atoms with E-state index in [4.69, 9.17) is 4.74 Å². The van der Waals surface area contributed by atoms with E-state index in [1.807, 2.05) is 6.07 Å². The highest BCUT2D eigenvalue weighted by molar-refractivity contribution is 5.77. The van der Waals surface area contributed by atoms with Gasteiger partial charge in [0.15, 0.2) is 11.6 Å². The molecule has 0 unspecified atom stereocenters. The molecule has 0 radical (unpaired) electrons. The van der Waals surface area contributed by atoms with Crippen LogP contribution in [0.25, 0.3) is 0 Å². The first-order valence-corrected chi connectivity index (χ1v) is 8.66. The van der Waals surface area contributed by atoms with E-state index < -0.39 is 0 Å². The zero-order valence-corrected chi connectivity index (χ0v) is 14.7. The Bertz CT molecular complexity index is 531. The number of carbonyl (C=O) groups excluding carboxylic acids is 1. The molecule has 0 aliphatic carbocycles.